The molecule has 0 saturated heterocycles. The molecular weight excluding hydrogens is 234 g/mol. The summed E-state index contributed by atoms with van der Waals surface area (Å²) in [7, 11) is 0. The summed E-state index contributed by atoms with van der Waals surface area (Å²) >= 11 is 5.86. The number of aromatic nitrogens is 1. The van der Waals surface area contributed by atoms with Gasteiger partial charge in [-0.15, -0.1) is 18.2 Å². The highest BCUT2D eigenvalue weighted by atomic mass is 35.5. The van der Waals surface area contributed by atoms with Gasteiger partial charge in [-0.25, -0.2) is 0 Å². The Kier molecular flexibility index (Phi) is 4.58. The number of allylic oxidation sites excluding steroid dienone is 1. The van der Waals surface area contributed by atoms with Gasteiger partial charge < -0.3 is 4.57 Å². The first-order valence-corrected chi connectivity index (χ1v) is 6.31. The maximum atomic E-state index is 11.9. The summed E-state index contributed by atoms with van der Waals surface area (Å²) in [6, 6.07) is 2.25. The molecule has 0 amide bonds. The molecule has 0 bridgehead atoms. The van der Waals surface area contributed by atoms with Crippen LogP contribution in [0.5, 0.6) is 0 Å². The average Bonchev–Trinajstić information content (AvgIpc) is 2.53. The lowest BCUT2D eigenvalue weighted by Crippen LogP contribution is -2.13. The normalized spacial score (nSPS) is 14.4. The lowest BCUT2D eigenvalue weighted by molar-refractivity contribution is 0.0991. The van der Waals surface area contributed by atoms with E-state index in [1.807, 2.05) is 26.0 Å². The Bertz CT molecular complexity index is 432. The van der Waals surface area contributed by atoms with Crippen LogP contribution in [0.3, 0.4) is 0 Å². The SMILES string of the molecule is C=CCC(C)n1c(C)cc(C(=O)C(C)Cl)c1C. The molecule has 2 atom stereocenters. The molecule has 0 aliphatic carbocycles. The van der Waals surface area contributed by atoms with Crippen molar-refractivity contribution in [2.45, 2.75) is 45.5 Å². The number of carbonyl (C=O) groups excluding carboxylic acids is 1. The van der Waals surface area contributed by atoms with Crippen LogP contribution in [-0.2, 0) is 0 Å². The van der Waals surface area contributed by atoms with E-state index in [1.54, 1.807) is 6.92 Å². The molecule has 0 aliphatic heterocycles. The number of hydrogen-bond acceptors (Lipinski definition) is 1. The minimum Gasteiger partial charge on any atom is -0.345 e. The number of nitrogens with zero attached hydrogens (tertiary/aromatic N) is 1. The molecule has 1 heterocycles. The number of rotatable bonds is 5. The summed E-state index contributed by atoms with van der Waals surface area (Å²) in [5, 5.41) is -0.473. The van der Waals surface area contributed by atoms with Crippen LogP contribution >= 0.6 is 11.6 Å². The van der Waals surface area contributed by atoms with Crippen LogP contribution in [0.15, 0.2) is 18.7 Å². The topological polar surface area (TPSA) is 22.0 Å². The van der Waals surface area contributed by atoms with Gasteiger partial charge in [0, 0.05) is 23.0 Å². The number of hydrogen-bond donors (Lipinski definition) is 0. The number of alkyl halides is 1. The van der Waals surface area contributed by atoms with Gasteiger partial charge in [0.05, 0.1) is 5.38 Å². The van der Waals surface area contributed by atoms with E-state index in [2.05, 4.69) is 18.1 Å². The van der Waals surface area contributed by atoms with Crippen molar-refractivity contribution in [1.82, 2.24) is 4.57 Å². The molecule has 0 fully saturated rings. The molecule has 1 aromatic rings. The molecule has 3 heteroatoms. The fourth-order valence-corrected chi connectivity index (χ4v) is 2.38. The van der Waals surface area contributed by atoms with Crippen molar-refractivity contribution in [3.8, 4) is 0 Å². The van der Waals surface area contributed by atoms with Crippen LogP contribution in [0, 0.1) is 13.8 Å². The monoisotopic (exact) mass is 253 g/mol. The van der Waals surface area contributed by atoms with Crippen molar-refractivity contribution in [1.29, 1.82) is 0 Å². The summed E-state index contributed by atoms with van der Waals surface area (Å²) in [5.74, 6) is -0.00294. The second-order valence-electron chi connectivity index (χ2n) is 4.51. The zero-order valence-electron chi connectivity index (χ0n) is 11.0. The van der Waals surface area contributed by atoms with Crippen molar-refractivity contribution >= 4 is 17.4 Å². The van der Waals surface area contributed by atoms with Gasteiger partial charge in [-0.2, -0.15) is 0 Å². The number of ketones is 1. The molecule has 0 saturated carbocycles. The quantitative estimate of drug-likeness (QED) is 0.441. The Balaban J connectivity index is 3.18. The predicted octanol–water partition coefficient (Wildman–Crippen LogP) is 4.05. The van der Waals surface area contributed by atoms with Gasteiger partial charge in [0.15, 0.2) is 5.78 Å². The fraction of sp³-hybridized carbons (Fsp3) is 0.500. The minimum absolute atomic E-state index is 0.00294. The molecule has 0 spiro atoms. The third-order valence-corrected chi connectivity index (χ3v) is 3.26. The molecule has 1 aromatic heterocycles. The lowest BCUT2D eigenvalue weighted by Gasteiger charge is -2.17. The Morgan fingerprint density at radius 3 is 2.59 bits per heavy atom. The van der Waals surface area contributed by atoms with Crippen molar-refractivity contribution < 1.29 is 4.79 Å². The van der Waals surface area contributed by atoms with Crippen LogP contribution in [0.1, 0.15) is 48.1 Å². The van der Waals surface area contributed by atoms with Gasteiger partial charge in [-0.3, -0.25) is 4.79 Å². The van der Waals surface area contributed by atoms with Crippen LogP contribution in [-0.4, -0.2) is 15.7 Å². The molecule has 1 rings (SSSR count). The lowest BCUT2D eigenvalue weighted by atomic mass is 10.1. The van der Waals surface area contributed by atoms with Crippen LogP contribution in [0.2, 0.25) is 0 Å². The largest absolute Gasteiger partial charge is 0.345 e. The molecule has 0 radical (unpaired) electrons. The maximum absolute atomic E-state index is 11.9. The molecule has 2 unspecified atom stereocenters. The van der Waals surface area contributed by atoms with Gasteiger partial charge in [0.2, 0.25) is 0 Å². The van der Waals surface area contributed by atoms with E-state index >= 15 is 0 Å². The average molecular weight is 254 g/mol. The molecule has 94 valence electrons. The second kappa shape index (κ2) is 5.54. The summed E-state index contributed by atoms with van der Waals surface area (Å²) in [6.45, 7) is 11.6. The van der Waals surface area contributed by atoms with Crippen LogP contribution < -0.4 is 0 Å². The Hall–Kier alpha value is -1.02. The standard InChI is InChI=1S/C14H20ClNO/c1-6-7-9(2)16-10(3)8-13(12(16)5)14(17)11(4)15/h6,8-9,11H,1,7H2,2-5H3. The van der Waals surface area contributed by atoms with Crippen LogP contribution in [0.4, 0.5) is 0 Å². The number of carbonyl (C=O) groups is 1. The number of Topliss-reactive ketones (excluding diaryl/α,β-unsaturated/α-hetero) is 1. The van der Waals surface area contributed by atoms with Crippen molar-refractivity contribution in [2.24, 2.45) is 0 Å². The molecule has 0 N–H and O–H groups in total. The smallest absolute Gasteiger partial charge is 0.182 e. The maximum Gasteiger partial charge on any atom is 0.182 e. The highest BCUT2D eigenvalue weighted by Crippen LogP contribution is 2.24. The van der Waals surface area contributed by atoms with E-state index in [0.717, 1.165) is 23.4 Å². The van der Waals surface area contributed by atoms with Gasteiger partial charge in [0.25, 0.3) is 0 Å². The van der Waals surface area contributed by atoms with Gasteiger partial charge in [-0.1, -0.05) is 6.08 Å². The van der Waals surface area contributed by atoms with Crippen molar-refractivity contribution in [3.05, 3.63) is 35.7 Å². The van der Waals surface area contributed by atoms with Crippen molar-refractivity contribution in [2.75, 3.05) is 0 Å². The van der Waals surface area contributed by atoms with E-state index in [1.165, 1.54) is 0 Å². The number of aryl methyl sites for hydroxylation is 1. The number of halogens is 1. The van der Waals surface area contributed by atoms with Gasteiger partial charge in [-0.05, 0) is 40.2 Å². The minimum atomic E-state index is -0.473. The van der Waals surface area contributed by atoms with E-state index in [0.29, 0.717) is 6.04 Å². The first-order chi connectivity index (χ1) is 7.90. The Labute approximate surface area is 108 Å². The molecule has 17 heavy (non-hydrogen) atoms. The Morgan fingerprint density at radius 2 is 2.12 bits per heavy atom. The van der Waals surface area contributed by atoms with E-state index < -0.39 is 5.38 Å². The van der Waals surface area contributed by atoms with E-state index in [4.69, 9.17) is 11.6 Å². The third kappa shape index (κ3) is 2.81. The van der Waals surface area contributed by atoms with E-state index in [-0.39, 0.29) is 5.78 Å². The summed E-state index contributed by atoms with van der Waals surface area (Å²) in [5.41, 5.74) is 2.83. The molecular formula is C14H20ClNO. The zero-order valence-corrected chi connectivity index (χ0v) is 11.7. The van der Waals surface area contributed by atoms with Gasteiger partial charge >= 0.3 is 0 Å². The highest BCUT2D eigenvalue weighted by Gasteiger charge is 2.20. The molecule has 0 aromatic carbocycles. The first-order valence-electron chi connectivity index (χ1n) is 5.87. The van der Waals surface area contributed by atoms with Gasteiger partial charge in [0.1, 0.15) is 0 Å². The zero-order chi connectivity index (χ0) is 13.2. The second-order valence-corrected chi connectivity index (χ2v) is 5.16. The summed E-state index contributed by atoms with van der Waals surface area (Å²) in [6.07, 6.45) is 2.79. The highest BCUT2D eigenvalue weighted by molar-refractivity contribution is 6.33. The van der Waals surface area contributed by atoms with E-state index in [9.17, 15) is 4.79 Å². The predicted molar refractivity (Wildman–Crippen MR) is 73.1 cm³/mol. The fourth-order valence-electron chi connectivity index (χ4n) is 2.27. The first kappa shape index (κ1) is 14.0. The summed E-state index contributed by atoms with van der Waals surface area (Å²) in [4.78, 5) is 11.9. The summed E-state index contributed by atoms with van der Waals surface area (Å²) < 4.78 is 2.17. The molecule has 0 aliphatic rings. The third-order valence-electron chi connectivity index (χ3n) is 3.06. The molecule has 2 nitrogen and oxygen atoms in total. The Morgan fingerprint density at radius 1 is 1.53 bits per heavy atom. The van der Waals surface area contributed by atoms with Crippen LogP contribution in [0.25, 0.3) is 0 Å². The van der Waals surface area contributed by atoms with Crippen molar-refractivity contribution in [3.63, 3.8) is 0 Å².